The molecule has 0 radical (unpaired) electrons. The zero-order chi connectivity index (χ0) is 11.3. The Bertz CT molecular complexity index is 204. The van der Waals surface area contributed by atoms with Gasteiger partial charge in [0.15, 0.2) is 0 Å². The van der Waals surface area contributed by atoms with Crippen LogP contribution < -0.4 is 10.6 Å². The van der Waals surface area contributed by atoms with E-state index in [9.17, 15) is 4.79 Å². The van der Waals surface area contributed by atoms with Crippen molar-refractivity contribution in [3.63, 3.8) is 0 Å². The Morgan fingerprint density at radius 1 is 1.33 bits per heavy atom. The molecule has 0 saturated heterocycles. The Balaban J connectivity index is 1.98. The quantitative estimate of drug-likeness (QED) is 0.728. The first-order valence-electron chi connectivity index (χ1n) is 5.99. The lowest BCUT2D eigenvalue weighted by Gasteiger charge is -2.25. The summed E-state index contributed by atoms with van der Waals surface area (Å²) in [4.78, 5) is 11.4. The van der Waals surface area contributed by atoms with Crippen LogP contribution in [0.25, 0.3) is 0 Å². The summed E-state index contributed by atoms with van der Waals surface area (Å²) in [6.45, 7) is 7.98. The molecule has 1 aliphatic carbocycles. The minimum atomic E-state index is 0.105. The second kappa shape index (κ2) is 5.50. The molecule has 3 heteroatoms. The molecule has 15 heavy (non-hydrogen) atoms. The van der Waals surface area contributed by atoms with E-state index in [1.165, 1.54) is 19.3 Å². The van der Waals surface area contributed by atoms with E-state index in [-0.39, 0.29) is 11.4 Å². The maximum absolute atomic E-state index is 11.4. The highest BCUT2D eigenvalue weighted by Crippen LogP contribution is 2.25. The Hall–Kier alpha value is -0.570. The van der Waals surface area contributed by atoms with E-state index in [0.29, 0.717) is 6.42 Å². The lowest BCUT2D eigenvalue weighted by Crippen LogP contribution is -2.39. The molecular formula is C12H24N2O. The lowest BCUT2D eigenvalue weighted by molar-refractivity contribution is -0.121. The average Bonchev–Trinajstić information content (AvgIpc) is 1.98. The Labute approximate surface area is 93.0 Å². The van der Waals surface area contributed by atoms with E-state index < -0.39 is 0 Å². The normalized spacial score (nSPS) is 17.3. The molecule has 3 nitrogen and oxygen atoms in total. The molecule has 1 rings (SSSR count). The van der Waals surface area contributed by atoms with Crippen molar-refractivity contribution in [1.82, 2.24) is 10.6 Å². The SMILES string of the molecule is CC(C)(C)NCCC(=O)NCC1CCC1. The van der Waals surface area contributed by atoms with Crippen LogP contribution >= 0.6 is 0 Å². The van der Waals surface area contributed by atoms with E-state index >= 15 is 0 Å². The van der Waals surface area contributed by atoms with Crippen molar-refractivity contribution in [2.45, 2.75) is 52.0 Å². The molecule has 88 valence electrons. The van der Waals surface area contributed by atoms with Crippen LogP contribution in [0.2, 0.25) is 0 Å². The standard InChI is InChI=1S/C12H24N2O/c1-12(2,3)14-8-7-11(15)13-9-10-5-4-6-10/h10,14H,4-9H2,1-3H3,(H,13,15). The molecule has 0 aromatic rings. The van der Waals surface area contributed by atoms with E-state index in [0.717, 1.165) is 19.0 Å². The molecular weight excluding hydrogens is 188 g/mol. The van der Waals surface area contributed by atoms with Crippen LogP contribution in [-0.2, 0) is 4.79 Å². The van der Waals surface area contributed by atoms with Crippen molar-refractivity contribution in [2.24, 2.45) is 5.92 Å². The van der Waals surface area contributed by atoms with Gasteiger partial charge in [-0.2, -0.15) is 0 Å². The minimum Gasteiger partial charge on any atom is -0.356 e. The molecule has 1 amide bonds. The van der Waals surface area contributed by atoms with E-state index in [1.54, 1.807) is 0 Å². The summed E-state index contributed by atoms with van der Waals surface area (Å²) in [7, 11) is 0. The molecule has 1 aliphatic rings. The van der Waals surface area contributed by atoms with Gasteiger partial charge in [-0.05, 0) is 39.5 Å². The first-order chi connectivity index (χ1) is 6.97. The predicted octanol–water partition coefficient (Wildman–Crippen LogP) is 1.68. The fraction of sp³-hybridized carbons (Fsp3) is 0.917. The maximum atomic E-state index is 11.4. The van der Waals surface area contributed by atoms with Gasteiger partial charge in [0.1, 0.15) is 0 Å². The Kier molecular flexibility index (Phi) is 4.58. The minimum absolute atomic E-state index is 0.105. The van der Waals surface area contributed by atoms with Crippen molar-refractivity contribution in [3.8, 4) is 0 Å². The zero-order valence-corrected chi connectivity index (χ0v) is 10.2. The number of hydrogen-bond acceptors (Lipinski definition) is 2. The summed E-state index contributed by atoms with van der Waals surface area (Å²) < 4.78 is 0. The molecule has 0 spiro atoms. The van der Waals surface area contributed by atoms with Crippen LogP contribution in [0.15, 0.2) is 0 Å². The molecule has 0 aromatic carbocycles. The second-order valence-electron chi connectivity index (χ2n) is 5.53. The smallest absolute Gasteiger partial charge is 0.221 e. The zero-order valence-electron chi connectivity index (χ0n) is 10.2. The summed E-state index contributed by atoms with van der Waals surface area (Å²) in [6, 6.07) is 0. The Morgan fingerprint density at radius 3 is 2.47 bits per heavy atom. The van der Waals surface area contributed by atoms with Gasteiger partial charge < -0.3 is 10.6 Å². The van der Waals surface area contributed by atoms with Crippen LogP contribution in [0, 0.1) is 5.92 Å². The summed E-state index contributed by atoms with van der Waals surface area (Å²) >= 11 is 0. The van der Waals surface area contributed by atoms with E-state index in [4.69, 9.17) is 0 Å². The molecule has 2 N–H and O–H groups in total. The van der Waals surface area contributed by atoms with Gasteiger partial charge in [0.05, 0.1) is 0 Å². The van der Waals surface area contributed by atoms with Crippen LogP contribution in [0.3, 0.4) is 0 Å². The number of amides is 1. The molecule has 0 aliphatic heterocycles. The highest BCUT2D eigenvalue weighted by Gasteiger charge is 2.17. The monoisotopic (exact) mass is 212 g/mol. The van der Waals surface area contributed by atoms with Gasteiger partial charge >= 0.3 is 0 Å². The third-order valence-electron chi connectivity index (χ3n) is 2.82. The molecule has 0 aromatic heterocycles. The van der Waals surface area contributed by atoms with Gasteiger partial charge in [0.25, 0.3) is 0 Å². The largest absolute Gasteiger partial charge is 0.356 e. The molecule has 0 unspecified atom stereocenters. The summed E-state index contributed by atoms with van der Waals surface area (Å²) in [5.41, 5.74) is 0.105. The third-order valence-corrected chi connectivity index (χ3v) is 2.82. The summed E-state index contributed by atoms with van der Waals surface area (Å²) in [6.07, 6.45) is 4.51. The molecule has 1 saturated carbocycles. The van der Waals surface area contributed by atoms with Crippen LogP contribution in [-0.4, -0.2) is 24.5 Å². The highest BCUT2D eigenvalue weighted by atomic mass is 16.1. The third kappa shape index (κ3) is 5.78. The summed E-state index contributed by atoms with van der Waals surface area (Å²) in [5.74, 6) is 0.933. The first kappa shape index (κ1) is 12.5. The van der Waals surface area contributed by atoms with Crippen molar-refractivity contribution < 1.29 is 4.79 Å². The lowest BCUT2D eigenvalue weighted by atomic mass is 9.85. The van der Waals surface area contributed by atoms with Crippen molar-refractivity contribution in [3.05, 3.63) is 0 Å². The second-order valence-corrected chi connectivity index (χ2v) is 5.53. The topological polar surface area (TPSA) is 41.1 Å². The van der Waals surface area contributed by atoms with Crippen molar-refractivity contribution >= 4 is 5.91 Å². The predicted molar refractivity (Wildman–Crippen MR) is 62.7 cm³/mol. The summed E-state index contributed by atoms with van der Waals surface area (Å²) in [5, 5.41) is 6.30. The van der Waals surface area contributed by atoms with Crippen LogP contribution in [0.1, 0.15) is 46.5 Å². The molecule has 0 bridgehead atoms. The average molecular weight is 212 g/mol. The van der Waals surface area contributed by atoms with Crippen LogP contribution in [0.4, 0.5) is 0 Å². The van der Waals surface area contributed by atoms with Gasteiger partial charge in [-0.25, -0.2) is 0 Å². The number of nitrogens with one attached hydrogen (secondary N) is 2. The van der Waals surface area contributed by atoms with Gasteiger partial charge in [-0.15, -0.1) is 0 Å². The fourth-order valence-electron chi connectivity index (χ4n) is 1.59. The first-order valence-corrected chi connectivity index (χ1v) is 5.99. The number of carbonyl (C=O) groups is 1. The highest BCUT2D eigenvalue weighted by molar-refractivity contribution is 5.76. The Morgan fingerprint density at radius 2 is 2.00 bits per heavy atom. The number of hydrogen-bond donors (Lipinski definition) is 2. The van der Waals surface area contributed by atoms with Crippen molar-refractivity contribution in [1.29, 1.82) is 0 Å². The van der Waals surface area contributed by atoms with E-state index in [1.807, 2.05) is 0 Å². The van der Waals surface area contributed by atoms with Gasteiger partial charge in [-0.3, -0.25) is 4.79 Å². The fourth-order valence-corrected chi connectivity index (χ4v) is 1.59. The van der Waals surface area contributed by atoms with Gasteiger partial charge in [-0.1, -0.05) is 6.42 Å². The van der Waals surface area contributed by atoms with Gasteiger partial charge in [0.2, 0.25) is 5.91 Å². The molecule has 0 heterocycles. The van der Waals surface area contributed by atoms with E-state index in [2.05, 4.69) is 31.4 Å². The van der Waals surface area contributed by atoms with Crippen LogP contribution in [0.5, 0.6) is 0 Å². The molecule has 0 atom stereocenters. The number of carbonyl (C=O) groups excluding carboxylic acids is 1. The van der Waals surface area contributed by atoms with Gasteiger partial charge in [0, 0.05) is 25.0 Å². The number of rotatable bonds is 5. The maximum Gasteiger partial charge on any atom is 0.221 e. The molecule has 1 fully saturated rings. The van der Waals surface area contributed by atoms with Crippen molar-refractivity contribution in [2.75, 3.05) is 13.1 Å².